The number of nitrogens with zero attached hydrogens (tertiary/aromatic N) is 1. The minimum atomic E-state index is -0.178. The molecule has 1 rings (SSSR count). The van der Waals surface area contributed by atoms with Gasteiger partial charge in [0.1, 0.15) is 0 Å². The predicted molar refractivity (Wildman–Crippen MR) is 53.2 cm³/mol. The van der Waals surface area contributed by atoms with Crippen LogP contribution in [0.4, 0.5) is 0 Å². The second-order valence-electron chi connectivity index (χ2n) is 5.18. The highest BCUT2D eigenvalue weighted by molar-refractivity contribution is 5.78. The van der Waals surface area contributed by atoms with E-state index < -0.39 is 0 Å². The molecule has 0 aromatic rings. The van der Waals surface area contributed by atoms with Gasteiger partial charge in [0.25, 0.3) is 0 Å². The Balaban J connectivity index is 3.00. The van der Waals surface area contributed by atoms with E-state index in [0.29, 0.717) is 0 Å². The summed E-state index contributed by atoms with van der Waals surface area (Å²) in [6.07, 6.45) is 0.853. The van der Waals surface area contributed by atoms with Gasteiger partial charge in [-0.1, -0.05) is 0 Å². The summed E-state index contributed by atoms with van der Waals surface area (Å²) >= 11 is 0. The third kappa shape index (κ3) is 1.46. The number of hydrogen-bond donors (Lipinski definition) is 1. The summed E-state index contributed by atoms with van der Waals surface area (Å²) in [6, 6.07) is 0. The summed E-state index contributed by atoms with van der Waals surface area (Å²) in [6.45, 7) is 8.46. The first kappa shape index (κ1) is 10.5. The highest BCUT2D eigenvalue weighted by Crippen LogP contribution is 2.43. The average Bonchev–Trinajstić information content (AvgIpc) is 2.11. The number of primary amides is 1. The fraction of sp³-hybridized carbons (Fsp3) is 0.900. The molecule has 1 atom stereocenters. The van der Waals surface area contributed by atoms with E-state index in [0.717, 1.165) is 6.42 Å². The molecule has 3 nitrogen and oxygen atoms in total. The van der Waals surface area contributed by atoms with Crippen LogP contribution in [0.1, 0.15) is 34.1 Å². The van der Waals surface area contributed by atoms with Crippen molar-refractivity contribution in [3.05, 3.63) is 0 Å². The van der Waals surface area contributed by atoms with Crippen LogP contribution in [-0.4, -0.2) is 28.9 Å². The fourth-order valence-corrected chi connectivity index (χ4v) is 2.35. The van der Waals surface area contributed by atoms with Gasteiger partial charge in [-0.2, -0.15) is 0 Å². The Kier molecular flexibility index (Phi) is 2.19. The van der Waals surface area contributed by atoms with Gasteiger partial charge in [0.15, 0.2) is 0 Å². The smallest absolute Gasteiger partial charge is 0.222 e. The normalized spacial score (nSPS) is 31.9. The first-order chi connectivity index (χ1) is 5.69. The maximum atomic E-state index is 11.2. The molecule has 1 aliphatic heterocycles. The maximum absolute atomic E-state index is 11.2. The van der Waals surface area contributed by atoms with Crippen molar-refractivity contribution in [2.75, 3.05) is 7.05 Å². The molecule has 1 heterocycles. The second-order valence-corrected chi connectivity index (χ2v) is 5.18. The average molecular weight is 184 g/mol. The SMILES string of the molecule is CN1C(C)(C)CC(C(N)=O)C1(C)C. The molecule has 0 spiro atoms. The van der Waals surface area contributed by atoms with Crippen LogP contribution in [0.25, 0.3) is 0 Å². The Hall–Kier alpha value is -0.570. The lowest BCUT2D eigenvalue weighted by molar-refractivity contribution is -0.123. The van der Waals surface area contributed by atoms with Gasteiger partial charge in [0.2, 0.25) is 5.91 Å². The first-order valence-electron chi connectivity index (χ1n) is 4.73. The molecular formula is C10H20N2O. The molecule has 3 heteroatoms. The van der Waals surface area contributed by atoms with E-state index in [1.807, 2.05) is 0 Å². The van der Waals surface area contributed by atoms with Crippen LogP contribution >= 0.6 is 0 Å². The highest BCUT2D eigenvalue weighted by Gasteiger charge is 2.51. The van der Waals surface area contributed by atoms with E-state index >= 15 is 0 Å². The number of amides is 1. The summed E-state index contributed by atoms with van der Waals surface area (Å²) in [4.78, 5) is 13.5. The van der Waals surface area contributed by atoms with Gasteiger partial charge in [-0.3, -0.25) is 9.69 Å². The molecule has 0 saturated carbocycles. The van der Waals surface area contributed by atoms with Crippen LogP contribution in [0, 0.1) is 5.92 Å². The molecule has 0 radical (unpaired) electrons. The zero-order valence-corrected chi connectivity index (χ0v) is 9.22. The van der Waals surface area contributed by atoms with E-state index in [9.17, 15) is 4.79 Å². The Morgan fingerprint density at radius 1 is 1.38 bits per heavy atom. The van der Waals surface area contributed by atoms with Crippen molar-refractivity contribution >= 4 is 5.91 Å². The third-order valence-corrected chi connectivity index (χ3v) is 3.67. The quantitative estimate of drug-likeness (QED) is 0.660. The lowest BCUT2D eigenvalue weighted by Crippen LogP contribution is -2.48. The number of likely N-dealkylation sites (tertiary alicyclic amines) is 1. The lowest BCUT2D eigenvalue weighted by atomic mass is 9.86. The van der Waals surface area contributed by atoms with Gasteiger partial charge >= 0.3 is 0 Å². The molecule has 1 fully saturated rings. The summed E-state index contributed by atoms with van der Waals surface area (Å²) in [5.41, 5.74) is 5.35. The lowest BCUT2D eigenvalue weighted by Gasteiger charge is -2.37. The predicted octanol–water partition coefficient (Wildman–Crippen LogP) is 0.981. The molecular weight excluding hydrogens is 164 g/mol. The summed E-state index contributed by atoms with van der Waals surface area (Å²) in [5.74, 6) is -0.213. The molecule has 0 aromatic carbocycles. The van der Waals surface area contributed by atoms with Crippen molar-refractivity contribution in [2.45, 2.75) is 45.2 Å². The van der Waals surface area contributed by atoms with Gasteiger partial charge in [-0.15, -0.1) is 0 Å². The molecule has 2 N–H and O–H groups in total. The zero-order valence-electron chi connectivity index (χ0n) is 9.22. The molecule has 1 aliphatic rings. The monoisotopic (exact) mass is 184 g/mol. The second kappa shape index (κ2) is 2.71. The number of hydrogen-bond acceptors (Lipinski definition) is 2. The van der Waals surface area contributed by atoms with Gasteiger partial charge in [0.05, 0.1) is 5.92 Å². The van der Waals surface area contributed by atoms with Gasteiger partial charge in [0, 0.05) is 11.1 Å². The topological polar surface area (TPSA) is 46.3 Å². The van der Waals surface area contributed by atoms with Crippen molar-refractivity contribution in [1.29, 1.82) is 0 Å². The summed E-state index contributed by atoms with van der Waals surface area (Å²) in [5, 5.41) is 0. The Morgan fingerprint density at radius 2 is 1.85 bits per heavy atom. The molecule has 76 valence electrons. The Labute approximate surface area is 80.3 Å². The van der Waals surface area contributed by atoms with Gasteiger partial charge in [-0.25, -0.2) is 0 Å². The molecule has 1 saturated heterocycles. The van der Waals surface area contributed by atoms with Crippen molar-refractivity contribution in [1.82, 2.24) is 4.90 Å². The molecule has 0 aliphatic carbocycles. The number of carbonyl (C=O) groups excluding carboxylic acids is 1. The van der Waals surface area contributed by atoms with Crippen LogP contribution in [0.5, 0.6) is 0 Å². The van der Waals surface area contributed by atoms with E-state index in [1.54, 1.807) is 0 Å². The Bertz CT molecular complexity index is 233. The van der Waals surface area contributed by atoms with Gasteiger partial charge < -0.3 is 5.73 Å². The molecule has 1 amide bonds. The summed E-state index contributed by atoms with van der Waals surface area (Å²) in [7, 11) is 2.06. The van der Waals surface area contributed by atoms with Crippen molar-refractivity contribution in [2.24, 2.45) is 11.7 Å². The van der Waals surface area contributed by atoms with E-state index in [-0.39, 0.29) is 22.9 Å². The van der Waals surface area contributed by atoms with Crippen molar-refractivity contribution in [3.8, 4) is 0 Å². The van der Waals surface area contributed by atoms with Crippen LogP contribution < -0.4 is 5.73 Å². The number of nitrogens with two attached hydrogens (primary N) is 1. The largest absolute Gasteiger partial charge is 0.369 e. The number of carbonyl (C=O) groups is 1. The minimum Gasteiger partial charge on any atom is -0.369 e. The van der Waals surface area contributed by atoms with E-state index in [2.05, 4.69) is 39.6 Å². The standard InChI is InChI=1S/C10H20N2O/c1-9(2)6-7(8(11)13)10(3,4)12(9)5/h7H,6H2,1-5H3,(H2,11,13). The molecule has 1 unspecified atom stereocenters. The first-order valence-corrected chi connectivity index (χ1v) is 4.73. The van der Waals surface area contributed by atoms with Crippen molar-refractivity contribution in [3.63, 3.8) is 0 Å². The molecule has 0 aromatic heterocycles. The Morgan fingerprint density at radius 3 is 2.00 bits per heavy atom. The highest BCUT2D eigenvalue weighted by atomic mass is 16.1. The maximum Gasteiger partial charge on any atom is 0.222 e. The molecule has 13 heavy (non-hydrogen) atoms. The molecule has 0 bridgehead atoms. The van der Waals surface area contributed by atoms with Crippen LogP contribution in [0.3, 0.4) is 0 Å². The third-order valence-electron chi connectivity index (χ3n) is 3.67. The fourth-order valence-electron chi connectivity index (χ4n) is 2.35. The van der Waals surface area contributed by atoms with Crippen LogP contribution in [-0.2, 0) is 4.79 Å². The van der Waals surface area contributed by atoms with Crippen LogP contribution in [0.2, 0.25) is 0 Å². The van der Waals surface area contributed by atoms with Crippen LogP contribution in [0.15, 0.2) is 0 Å². The van der Waals surface area contributed by atoms with Crippen molar-refractivity contribution < 1.29 is 4.79 Å². The zero-order chi connectivity index (χ0) is 10.4. The van der Waals surface area contributed by atoms with E-state index in [1.165, 1.54) is 0 Å². The number of rotatable bonds is 1. The van der Waals surface area contributed by atoms with Gasteiger partial charge in [-0.05, 0) is 41.2 Å². The van der Waals surface area contributed by atoms with E-state index in [4.69, 9.17) is 5.73 Å². The summed E-state index contributed by atoms with van der Waals surface area (Å²) < 4.78 is 0. The minimum absolute atomic E-state index is 0.0347.